The molecule has 0 aromatic heterocycles. The molecule has 0 amide bonds. The van der Waals surface area contributed by atoms with E-state index in [-0.39, 0.29) is 0 Å². The fraction of sp³-hybridized carbons (Fsp3) is 0.714. The smallest absolute Gasteiger partial charge is 0.455 e. The lowest BCUT2D eigenvalue weighted by Gasteiger charge is -2.20. The van der Waals surface area contributed by atoms with Crippen LogP contribution in [0.25, 0.3) is 0 Å². The molecule has 1 atom stereocenters. The predicted molar refractivity (Wildman–Crippen MR) is 46.2 cm³/mol. The molecule has 106 valence electrons. The van der Waals surface area contributed by atoms with Crippen LogP contribution in [0.3, 0.4) is 0 Å². The summed E-state index contributed by atoms with van der Waals surface area (Å²) < 4.78 is 86.2. The van der Waals surface area contributed by atoms with Gasteiger partial charge in [-0.1, -0.05) is 0 Å². The van der Waals surface area contributed by atoms with Gasteiger partial charge < -0.3 is 4.74 Å². The van der Waals surface area contributed by atoms with Crippen molar-refractivity contribution < 1.29 is 44.2 Å². The molecule has 0 aromatic rings. The van der Waals surface area contributed by atoms with Crippen LogP contribution in [0.2, 0.25) is 0 Å². The van der Waals surface area contributed by atoms with Gasteiger partial charge in [0.1, 0.15) is 0 Å². The van der Waals surface area contributed by atoms with E-state index in [2.05, 4.69) is 4.74 Å². The van der Waals surface area contributed by atoms with Crippen molar-refractivity contribution >= 4 is 22.0 Å². The highest BCUT2D eigenvalue weighted by molar-refractivity contribution is 7.89. The highest BCUT2D eigenvalue weighted by Crippen LogP contribution is 2.33. The Bertz CT molecular complexity index is 453. The average Bonchev–Trinajstić information content (AvgIpc) is 2.10. The summed E-state index contributed by atoms with van der Waals surface area (Å²) in [6.45, 7) is 2.06. The lowest BCUT2D eigenvalue weighted by Crippen LogP contribution is -2.54. The van der Waals surface area contributed by atoms with Crippen LogP contribution in [-0.4, -0.2) is 37.5 Å². The largest absolute Gasteiger partial charge is 0.459 e. The first-order chi connectivity index (χ1) is 7.74. The summed E-state index contributed by atoms with van der Waals surface area (Å²) in [6, 6.07) is 0. The number of carbonyl (C=O) groups excluding carboxylic acids is 2. The molecule has 0 saturated heterocycles. The van der Waals surface area contributed by atoms with Gasteiger partial charge in [-0.25, -0.2) is 9.18 Å². The maximum Gasteiger partial charge on any atom is 0.455 e. The number of rotatable bonds is 4. The fourth-order valence-electron chi connectivity index (χ4n) is 0.775. The number of Topliss-reactive ketones (excluding diaryl/α,β-unsaturated/α-hetero) is 1. The van der Waals surface area contributed by atoms with Gasteiger partial charge in [-0.2, -0.15) is 21.6 Å². The number of carbonyl (C=O) groups is 2. The zero-order valence-electron chi connectivity index (χ0n) is 8.92. The van der Waals surface area contributed by atoms with Crippen molar-refractivity contribution in [3.8, 4) is 0 Å². The topological polar surface area (TPSA) is 77.5 Å². The molecule has 0 aliphatic rings. The fourth-order valence-corrected chi connectivity index (χ4v) is 1.36. The van der Waals surface area contributed by atoms with Crippen molar-refractivity contribution in [2.24, 2.45) is 0 Å². The van der Waals surface area contributed by atoms with Gasteiger partial charge in [-0.3, -0.25) is 4.79 Å². The Morgan fingerprint density at radius 2 is 1.50 bits per heavy atom. The Morgan fingerprint density at radius 1 is 1.11 bits per heavy atom. The SMILES string of the molecule is CC(C)OC(=O)C(F)(C(=O)C(F)(F)F)S(=O)(=O)F. The Balaban J connectivity index is 5.78. The third kappa shape index (κ3) is 3.15. The first-order valence-corrected chi connectivity index (χ1v) is 5.58. The van der Waals surface area contributed by atoms with Gasteiger partial charge in [0.2, 0.25) is 0 Å². The number of hydrogen-bond donors (Lipinski definition) is 0. The Labute approximate surface area is 98.1 Å². The zero-order chi connectivity index (χ0) is 14.9. The summed E-state index contributed by atoms with van der Waals surface area (Å²) >= 11 is 0. The van der Waals surface area contributed by atoms with E-state index in [1.165, 1.54) is 0 Å². The van der Waals surface area contributed by atoms with E-state index in [9.17, 15) is 39.5 Å². The summed E-state index contributed by atoms with van der Waals surface area (Å²) in [4.78, 5) is 21.4. The summed E-state index contributed by atoms with van der Waals surface area (Å²) in [5, 5.41) is -5.45. The second kappa shape index (κ2) is 4.78. The molecule has 0 heterocycles. The molecule has 0 fully saturated rings. The molecule has 0 aliphatic carbocycles. The average molecular weight is 298 g/mol. The number of esters is 1. The van der Waals surface area contributed by atoms with Gasteiger partial charge >= 0.3 is 33.2 Å². The number of halogens is 5. The van der Waals surface area contributed by atoms with E-state index in [1.807, 2.05) is 0 Å². The molecule has 11 heteroatoms. The maximum atomic E-state index is 13.4. The van der Waals surface area contributed by atoms with Crippen molar-refractivity contribution in [2.75, 3.05) is 0 Å². The van der Waals surface area contributed by atoms with Gasteiger partial charge in [0, 0.05) is 0 Å². The Kier molecular flexibility index (Phi) is 4.45. The van der Waals surface area contributed by atoms with Crippen LogP contribution in [0.5, 0.6) is 0 Å². The minimum Gasteiger partial charge on any atom is -0.459 e. The molecular weight excluding hydrogens is 291 g/mol. The summed E-state index contributed by atoms with van der Waals surface area (Å²) in [5.41, 5.74) is 0. The lowest BCUT2D eigenvalue weighted by molar-refractivity contribution is -0.186. The van der Waals surface area contributed by atoms with E-state index < -0.39 is 39.3 Å². The molecule has 0 radical (unpaired) electrons. The molecule has 0 aliphatic heterocycles. The number of ketones is 1. The Morgan fingerprint density at radius 3 is 1.72 bits per heavy atom. The highest BCUT2D eigenvalue weighted by atomic mass is 32.3. The minimum atomic E-state index is -6.80. The summed E-state index contributed by atoms with van der Waals surface area (Å²) in [7, 11) is -6.80. The third-order valence-corrected chi connectivity index (χ3v) is 2.51. The van der Waals surface area contributed by atoms with Crippen LogP contribution < -0.4 is 0 Å². The predicted octanol–water partition coefficient (Wildman–Crippen LogP) is 1.03. The van der Waals surface area contributed by atoms with Crippen molar-refractivity contribution in [3.05, 3.63) is 0 Å². The van der Waals surface area contributed by atoms with Crippen LogP contribution in [-0.2, 0) is 24.5 Å². The molecule has 1 unspecified atom stereocenters. The van der Waals surface area contributed by atoms with Gasteiger partial charge in [0.05, 0.1) is 6.10 Å². The van der Waals surface area contributed by atoms with Crippen LogP contribution in [0.4, 0.5) is 21.4 Å². The van der Waals surface area contributed by atoms with Crippen molar-refractivity contribution in [2.45, 2.75) is 31.1 Å². The number of ether oxygens (including phenoxy) is 1. The van der Waals surface area contributed by atoms with Crippen LogP contribution >= 0.6 is 0 Å². The standard InChI is InChI=1S/C7H7F5O5S/c1-3(2)17-5(14)6(8,18(12,15)16)4(13)7(9,10)11/h3H,1-2H3. The Hall–Kier alpha value is -1.26. The molecule has 0 N–H and O–H groups in total. The molecule has 0 rings (SSSR count). The lowest BCUT2D eigenvalue weighted by atomic mass is 10.2. The van der Waals surface area contributed by atoms with E-state index in [4.69, 9.17) is 0 Å². The first-order valence-electron chi connectivity index (χ1n) is 4.20. The molecule has 5 nitrogen and oxygen atoms in total. The third-order valence-electron chi connectivity index (χ3n) is 1.49. The van der Waals surface area contributed by atoms with E-state index in [0.29, 0.717) is 0 Å². The number of alkyl halides is 4. The van der Waals surface area contributed by atoms with Gasteiger partial charge in [0.15, 0.2) is 0 Å². The van der Waals surface area contributed by atoms with Gasteiger partial charge in [-0.05, 0) is 13.8 Å². The van der Waals surface area contributed by atoms with Gasteiger partial charge in [-0.15, -0.1) is 3.89 Å². The van der Waals surface area contributed by atoms with E-state index >= 15 is 0 Å². The molecule has 18 heavy (non-hydrogen) atoms. The molecule has 0 aromatic carbocycles. The normalized spacial score (nSPS) is 16.2. The monoisotopic (exact) mass is 298 g/mol. The van der Waals surface area contributed by atoms with Crippen LogP contribution in [0, 0.1) is 0 Å². The second-order valence-electron chi connectivity index (χ2n) is 3.31. The number of hydrogen-bond acceptors (Lipinski definition) is 5. The van der Waals surface area contributed by atoms with Gasteiger partial charge in [0.25, 0.3) is 0 Å². The molecule has 0 saturated carbocycles. The maximum absolute atomic E-state index is 13.4. The quantitative estimate of drug-likeness (QED) is 0.335. The molecule has 0 bridgehead atoms. The van der Waals surface area contributed by atoms with Crippen LogP contribution in [0.15, 0.2) is 0 Å². The molecule has 0 spiro atoms. The summed E-state index contributed by atoms with van der Waals surface area (Å²) in [5.74, 6) is -6.48. The van der Waals surface area contributed by atoms with Crippen LogP contribution in [0.1, 0.15) is 13.8 Å². The highest BCUT2D eigenvalue weighted by Gasteiger charge is 2.69. The van der Waals surface area contributed by atoms with Crippen molar-refractivity contribution in [1.82, 2.24) is 0 Å². The zero-order valence-corrected chi connectivity index (χ0v) is 9.73. The van der Waals surface area contributed by atoms with E-state index in [1.54, 1.807) is 0 Å². The molecular formula is C7H7F5O5S. The minimum absolute atomic E-state index is 1.03. The summed E-state index contributed by atoms with van der Waals surface area (Å²) in [6.07, 6.45) is -7.32. The van der Waals surface area contributed by atoms with E-state index in [0.717, 1.165) is 13.8 Å². The van der Waals surface area contributed by atoms with Crippen molar-refractivity contribution in [3.63, 3.8) is 0 Å². The van der Waals surface area contributed by atoms with Crippen molar-refractivity contribution in [1.29, 1.82) is 0 Å². The first kappa shape index (κ1) is 16.7. The second-order valence-corrected chi connectivity index (χ2v) is 4.75.